The first-order valence-corrected chi connectivity index (χ1v) is 11.0. The molecule has 2 bridgehead atoms. The monoisotopic (exact) mass is 414 g/mol. The molecule has 0 aromatic heterocycles. The minimum Gasteiger partial charge on any atom is -0.326 e. The second-order valence-corrected chi connectivity index (χ2v) is 8.88. The standard InChI is InChI=1S/C26H26N2O3/c1-16-7-5-6-10-20(16)27-22(29)15-21(17-8-3-2-4-9-17)28-25(30)23-18-11-12-19(14-13-18)24(23)26(28)31/h2-12,18-19,21,23-24H,13-15H2,1H3,(H,27,29)/t18-,19-,21+,23-,24+/m0/s1. The van der Waals surface area contributed by atoms with Crippen molar-refractivity contribution in [2.24, 2.45) is 23.7 Å². The number of benzene rings is 2. The molecule has 0 radical (unpaired) electrons. The molecule has 158 valence electrons. The van der Waals surface area contributed by atoms with Crippen LogP contribution < -0.4 is 5.32 Å². The molecule has 0 unspecified atom stereocenters. The van der Waals surface area contributed by atoms with E-state index in [4.69, 9.17) is 0 Å². The lowest BCUT2D eigenvalue weighted by atomic mass is 9.63. The van der Waals surface area contributed by atoms with Gasteiger partial charge in [0.2, 0.25) is 17.7 Å². The molecule has 6 rings (SSSR count). The summed E-state index contributed by atoms with van der Waals surface area (Å²) < 4.78 is 0. The first-order chi connectivity index (χ1) is 15.0. The number of carbonyl (C=O) groups excluding carboxylic acids is 3. The van der Waals surface area contributed by atoms with E-state index in [2.05, 4.69) is 17.5 Å². The Morgan fingerprint density at radius 3 is 2.10 bits per heavy atom. The molecule has 2 aromatic rings. The number of para-hydroxylation sites is 1. The normalized spacial score (nSPS) is 27.3. The van der Waals surface area contributed by atoms with Gasteiger partial charge in [0.15, 0.2) is 0 Å². The van der Waals surface area contributed by atoms with Gasteiger partial charge in [0.05, 0.1) is 24.3 Å². The van der Waals surface area contributed by atoms with Gasteiger partial charge >= 0.3 is 0 Å². The Morgan fingerprint density at radius 1 is 0.935 bits per heavy atom. The third kappa shape index (κ3) is 3.38. The van der Waals surface area contributed by atoms with Gasteiger partial charge in [0, 0.05) is 5.69 Å². The number of nitrogens with one attached hydrogen (secondary N) is 1. The predicted octanol–water partition coefficient (Wildman–Crippen LogP) is 4.26. The van der Waals surface area contributed by atoms with E-state index in [-0.39, 0.29) is 47.8 Å². The van der Waals surface area contributed by atoms with Crippen molar-refractivity contribution in [3.05, 3.63) is 77.9 Å². The van der Waals surface area contributed by atoms with E-state index in [1.165, 1.54) is 4.90 Å². The largest absolute Gasteiger partial charge is 0.326 e. The molecule has 2 aromatic carbocycles. The molecule has 5 heteroatoms. The van der Waals surface area contributed by atoms with Crippen LogP contribution in [0.3, 0.4) is 0 Å². The van der Waals surface area contributed by atoms with Crippen molar-refractivity contribution in [1.29, 1.82) is 0 Å². The van der Waals surface area contributed by atoms with Gasteiger partial charge in [-0.3, -0.25) is 19.3 Å². The van der Waals surface area contributed by atoms with Crippen molar-refractivity contribution < 1.29 is 14.4 Å². The maximum Gasteiger partial charge on any atom is 0.234 e. The summed E-state index contributed by atoms with van der Waals surface area (Å²) in [6.45, 7) is 1.94. The van der Waals surface area contributed by atoms with E-state index >= 15 is 0 Å². The van der Waals surface area contributed by atoms with Gasteiger partial charge in [-0.1, -0.05) is 60.7 Å². The maximum atomic E-state index is 13.5. The summed E-state index contributed by atoms with van der Waals surface area (Å²) >= 11 is 0. The molecule has 1 heterocycles. The Hall–Kier alpha value is -3.21. The Kier molecular flexibility index (Phi) is 4.97. The molecule has 31 heavy (non-hydrogen) atoms. The quantitative estimate of drug-likeness (QED) is 0.587. The number of imide groups is 1. The highest BCUT2D eigenvalue weighted by Gasteiger charge is 2.58. The van der Waals surface area contributed by atoms with Crippen LogP contribution >= 0.6 is 0 Å². The summed E-state index contributed by atoms with van der Waals surface area (Å²) in [4.78, 5) is 41.4. The number of allylic oxidation sites excluding steroid dienone is 2. The number of aryl methyl sites for hydroxylation is 1. The van der Waals surface area contributed by atoms with Crippen LogP contribution in [0.5, 0.6) is 0 Å². The van der Waals surface area contributed by atoms with Crippen molar-refractivity contribution >= 4 is 23.4 Å². The van der Waals surface area contributed by atoms with Crippen LogP contribution in [0.15, 0.2) is 66.7 Å². The zero-order valence-corrected chi connectivity index (χ0v) is 17.5. The average molecular weight is 415 g/mol. The molecule has 4 aliphatic rings. The van der Waals surface area contributed by atoms with Gasteiger partial charge in [-0.25, -0.2) is 0 Å². The average Bonchev–Trinajstić information content (AvgIpc) is 3.07. The van der Waals surface area contributed by atoms with Gasteiger partial charge < -0.3 is 5.32 Å². The fraction of sp³-hybridized carbons (Fsp3) is 0.346. The minimum atomic E-state index is -0.602. The number of rotatable bonds is 5. The zero-order chi connectivity index (χ0) is 21.5. The molecule has 1 saturated heterocycles. The molecule has 1 N–H and O–H groups in total. The lowest BCUT2D eigenvalue weighted by molar-refractivity contribution is -0.143. The Morgan fingerprint density at radius 2 is 1.52 bits per heavy atom. The number of likely N-dealkylation sites (tertiary alicyclic amines) is 1. The van der Waals surface area contributed by atoms with Crippen LogP contribution in [-0.4, -0.2) is 22.6 Å². The predicted molar refractivity (Wildman–Crippen MR) is 118 cm³/mol. The number of anilines is 1. The molecule has 5 nitrogen and oxygen atoms in total. The van der Waals surface area contributed by atoms with Crippen LogP contribution in [0, 0.1) is 30.6 Å². The van der Waals surface area contributed by atoms with Crippen molar-refractivity contribution in [1.82, 2.24) is 4.90 Å². The number of hydrogen-bond donors (Lipinski definition) is 1. The van der Waals surface area contributed by atoms with Crippen molar-refractivity contribution in [2.45, 2.75) is 32.2 Å². The fourth-order valence-corrected chi connectivity index (χ4v) is 5.53. The molecule has 3 amide bonds. The van der Waals surface area contributed by atoms with Crippen LogP contribution in [0.4, 0.5) is 5.69 Å². The van der Waals surface area contributed by atoms with Gasteiger partial charge in [-0.05, 0) is 48.8 Å². The lowest BCUT2D eigenvalue weighted by Gasteiger charge is -2.38. The Labute approximate surface area is 182 Å². The third-order valence-electron chi connectivity index (χ3n) is 7.09. The lowest BCUT2D eigenvalue weighted by Crippen LogP contribution is -2.38. The number of nitrogens with zero attached hydrogens (tertiary/aromatic N) is 1. The zero-order valence-electron chi connectivity index (χ0n) is 17.5. The second kappa shape index (κ2) is 7.80. The number of fused-ring (bicyclic) bond motifs is 1. The summed E-state index contributed by atoms with van der Waals surface area (Å²) in [5.74, 6) is -0.732. The molecule has 1 saturated carbocycles. The summed E-state index contributed by atoms with van der Waals surface area (Å²) in [5, 5.41) is 2.96. The van der Waals surface area contributed by atoms with Crippen LogP contribution in [-0.2, 0) is 14.4 Å². The van der Waals surface area contributed by atoms with Crippen LogP contribution in [0.1, 0.15) is 36.4 Å². The smallest absolute Gasteiger partial charge is 0.234 e. The highest BCUT2D eigenvalue weighted by molar-refractivity contribution is 6.07. The molecule has 2 fully saturated rings. The summed E-state index contributed by atoms with van der Waals surface area (Å²) in [5.41, 5.74) is 2.52. The highest BCUT2D eigenvalue weighted by Crippen LogP contribution is 2.51. The van der Waals surface area contributed by atoms with Crippen molar-refractivity contribution in [3.63, 3.8) is 0 Å². The number of carbonyl (C=O) groups is 3. The molecule has 3 aliphatic carbocycles. The SMILES string of the molecule is Cc1ccccc1NC(=O)C[C@H](c1ccccc1)N1C(=O)[C@@H]2[C@H](C1=O)[C@H]1C=C[C@H]2CC1. The van der Waals surface area contributed by atoms with E-state index in [9.17, 15) is 14.4 Å². The first-order valence-electron chi connectivity index (χ1n) is 11.0. The van der Waals surface area contributed by atoms with Crippen molar-refractivity contribution in [3.8, 4) is 0 Å². The van der Waals surface area contributed by atoms with Gasteiger partial charge in [0.1, 0.15) is 0 Å². The molecule has 0 spiro atoms. The fourth-order valence-electron chi connectivity index (χ4n) is 5.53. The van der Waals surface area contributed by atoms with Gasteiger partial charge in [-0.15, -0.1) is 0 Å². The third-order valence-corrected chi connectivity index (χ3v) is 7.09. The molecular weight excluding hydrogens is 388 g/mol. The van der Waals surface area contributed by atoms with E-state index in [1.54, 1.807) is 0 Å². The van der Waals surface area contributed by atoms with Gasteiger partial charge in [-0.2, -0.15) is 0 Å². The van der Waals surface area contributed by atoms with Crippen molar-refractivity contribution in [2.75, 3.05) is 5.32 Å². The van der Waals surface area contributed by atoms with Gasteiger partial charge in [0.25, 0.3) is 0 Å². The van der Waals surface area contributed by atoms with Crippen LogP contribution in [0.2, 0.25) is 0 Å². The summed E-state index contributed by atoms with van der Waals surface area (Å²) in [6, 6.07) is 16.4. The topological polar surface area (TPSA) is 66.5 Å². The van der Waals surface area contributed by atoms with Crippen LogP contribution in [0.25, 0.3) is 0 Å². The molecule has 5 atom stereocenters. The molecule has 1 aliphatic heterocycles. The van der Waals surface area contributed by atoms with E-state index in [0.29, 0.717) is 0 Å². The molecular formula is C26H26N2O3. The highest BCUT2D eigenvalue weighted by atomic mass is 16.2. The minimum absolute atomic E-state index is 0.0397. The number of amides is 3. The summed E-state index contributed by atoms with van der Waals surface area (Å²) in [6.07, 6.45) is 6.19. The van der Waals surface area contributed by atoms with E-state index in [0.717, 1.165) is 29.7 Å². The number of hydrogen-bond acceptors (Lipinski definition) is 3. The van der Waals surface area contributed by atoms with E-state index < -0.39 is 6.04 Å². The Bertz CT molecular complexity index is 1030. The first kappa shape index (κ1) is 19.7. The second-order valence-electron chi connectivity index (χ2n) is 8.88. The summed E-state index contributed by atoms with van der Waals surface area (Å²) in [7, 11) is 0. The Balaban J connectivity index is 1.45. The van der Waals surface area contributed by atoms with E-state index in [1.807, 2.05) is 61.5 Å². The maximum absolute atomic E-state index is 13.5.